The van der Waals surface area contributed by atoms with Crippen molar-refractivity contribution in [2.75, 3.05) is 4.90 Å². The molecule has 2 atom stereocenters. The standard InChI is InChI=1S/C46H40N4/c1-45(2,33-21-25-35(26-22-33)49-39-13-7-5-11-37(39)43-41(49)15-9-29-47-43)31-17-19-32(20-18-31)46(3,4)34-23-27-36(28-24-34)50-40-14-8-6-12-38(40)44-42(50)16-10-30-48-44/h5-30,41,43H,1-4H3. The quantitative estimate of drug-likeness (QED) is 0.180. The van der Waals surface area contributed by atoms with Crippen molar-refractivity contribution in [1.29, 1.82) is 0 Å². The van der Waals surface area contributed by atoms with Crippen LogP contribution in [0.1, 0.15) is 61.6 Å². The third kappa shape index (κ3) is 4.66. The summed E-state index contributed by atoms with van der Waals surface area (Å²) in [5, 5.41) is 1.18. The van der Waals surface area contributed by atoms with Crippen molar-refractivity contribution < 1.29 is 0 Å². The highest BCUT2D eigenvalue weighted by Crippen LogP contribution is 2.47. The summed E-state index contributed by atoms with van der Waals surface area (Å²) in [5.74, 6) is 0. The second kappa shape index (κ2) is 11.4. The van der Waals surface area contributed by atoms with E-state index in [0.29, 0.717) is 0 Å². The molecule has 0 spiro atoms. The van der Waals surface area contributed by atoms with E-state index in [1.165, 1.54) is 50.1 Å². The van der Waals surface area contributed by atoms with E-state index in [2.05, 4.69) is 177 Å². The molecule has 4 heteroatoms. The lowest BCUT2D eigenvalue weighted by atomic mass is 9.74. The van der Waals surface area contributed by atoms with Crippen LogP contribution in [0.15, 0.2) is 157 Å². The first-order valence-corrected chi connectivity index (χ1v) is 17.6. The van der Waals surface area contributed by atoms with E-state index in [9.17, 15) is 0 Å². The van der Waals surface area contributed by atoms with Crippen LogP contribution in [0.2, 0.25) is 0 Å². The van der Waals surface area contributed by atoms with Crippen molar-refractivity contribution in [1.82, 2.24) is 9.55 Å². The monoisotopic (exact) mass is 648 g/mol. The fraction of sp³-hybridized carbons (Fsp3) is 0.174. The minimum atomic E-state index is -0.160. The zero-order valence-electron chi connectivity index (χ0n) is 29.0. The van der Waals surface area contributed by atoms with Gasteiger partial charge < -0.3 is 9.47 Å². The molecule has 7 aromatic rings. The van der Waals surface area contributed by atoms with Crippen LogP contribution < -0.4 is 4.90 Å². The second-order valence-corrected chi connectivity index (χ2v) is 14.7. The van der Waals surface area contributed by atoms with E-state index < -0.39 is 0 Å². The molecule has 2 aliphatic rings. The molecule has 0 saturated carbocycles. The summed E-state index contributed by atoms with van der Waals surface area (Å²) in [7, 11) is 0. The zero-order chi connectivity index (χ0) is 34.0. The Morgan fingerprint density at radius 3 is 1.80 bits per heavy atom. The van der Waals surface area contributed by atoms with Crippen LogP contribution in [-0.4, -0.2) is 21.8 Å². The van der Waals surface area contributed by atoms with E-state index in [0.717, 1.165) is 16.7 Å². The molecule has 2 aliphatic heterocycles. The summed E-state index contributed by atoms with van der Waals surface area (Å²) in [6.07, 6.45) is 8.15. The number of para-hydroxylation sites is 2. The van der Waals surface area contributed by atoms with Crippen molar-refractivity contribution in [2.24, 2.45) is 4.99 Å². The first-order valence-electron chi connectivity index (χ1n) is 17.6. The third-order valence-electron chi connectivity index (χ3n) is 11.2. The molecule has 4 nitrogen and oxygen atoms in total. The van der Waals surface area contributed by atoms with Gasteiger partial charge in [0.05, 0.1) is 22.6 Å². The van der Waals surface area contributed by atoms with Gasteiger partial charge in [0.25, 0.3) is 0 Å². The smallest absolute Gasteiger partial charge is 0.101 e. The minimum absolute atomic E-state index is 0.144. The number of pyridine rings is 1. The maximum absolute atomic E-state index is 4.83. The Labute approximate surface area is 294 Å². The van der Waals surface area contributed by atoms with Gasteiger partial charge in [0.1, 0.15) is 6.04 Å². The van der Waals surface area contributed by atoms with Gasteiger partial charge >= 0.3 is 0 Å². The van der Waals surface area contributed by atoms with Crippen molar-refractivity contribution >= 4 is 39.5 Å². The Morgan fingerprint density at radius 2 is 1.12 bits per heavy atom. The third-order valence-corrected chi connectivity index (χ3v) is 11.2. The van der Waals surface area contributed by atoms with Crippen LogP contribution in [0.4, 0.5) is 11.4 Å². The van der Waals surface area contributed by atoms with Gasteiger partial charge in [0.2, 0.25) is 0 Å². The Bertz CT molecular complexity index is 2370. The molecule has 2 unspecified atom stereocenters. The minimum Gasteiger partial charge on any atom is -0.332 e. The molecule has 0 bridgehead atoms. The molecule has 9 rings (SSSR count). The number of anilines is 2. The Hall–Kier alpha value is -5.74. The van der Waals surface area contributed by atoms with E-state index in [1.807, 2.05) is 18.5 Å². The lowest BCUT2D eigenvalue weighted by molar-refractivity contribution is 0.626. The summed E-state index contributed by atoms with van der Waals surface area (Å²) in [6, 6.07) is 49.2. The largest absolute Gasteiger partial charge is 0.332 e. The molecule has 5 aromatic carbocycles. The molecule has 0 aliphatic carbocycles. The molecule has 4 heterocycles. The highest BCUT2D eigenvalue weighted by atomic mass is 15.2. The Morgan fingerprint density at radius 1 is 0.560 bits per heavy atom. The van der Waals surface area contributed by atoms with Crippen LogP contribution >= 0.6 is 0 Å². The van der Waals surface area contributed by atoms with E-state index in [4.69, 9.17) is 9.98 Å². The summed E-state index contributed by atoms with van der Waals surface area (Å²) < 4.78 is 2.32. The first-order chi connectivity index (χ1) is 24.3. The first kappa shape index (κ1) is 30.3. The molecule has 0 fully saturated rings. The molecule has 0 N–H and O–H groups in total. The summed E-state index contributed by atoms with van der Waals surface area (Å²) in [6.45, 7) is 9.29. The summed E-state index contributed by atoms with van der Waals surface area (Å²) in [5.41, 5.74) is 13.1. The van der Waals surface area contributed by atoms with Gasteiger partial charge in [0, 0.05) is 51.3 Å². The lowest BCUT2D eigenvalue weighted by Gasteiger charge is -2.31. The van der Waals surface area contributed by atoms with Gasteiger partial charge in [-0.25, -0.2) is 0 Å². The normalized spacial score (nSPS) is 17.0. The zero-order valence-corrected chi connectivity index (χ0v) is 29.0. The van der Waals surface area contributed by atoms with Crippen LogP contribution in [0.25, 0.3) is 27.6 Å². The van der Waals surface area contributed by atoms with Gasteiger partial charge in [0.15, 0.2) is 0 Å². The van der Waals surface area contributed by atoms with Crippen molar-refractivity contribution in [3.8, 4) is 5.69 Å². The number of allylic oxidation sites excluding steroid dienone is 1. The number of dihydropyridines is 1. The van der Waals surface area contributed by atoms with Crippen LogP contribution in [0, 0.1) is 0 Å². The topological polar surface area (TPSA) is 33.4 Å². The van der Waals surface area contributed by atoms with Gasteiger partial charge in [-0.1, -0.05) is 119 Å². The van der Waals surface area contributed by atoms with Crippen molar-refractivity contribution in [3.63, 3.8) is 0 Å². The number of rotatable bonds is 6. The predicted octanol–water partition coefficient (Wildman–Crippen LogP) is 11.0. The molecule has 50 heavy (non-hydrogen) atoms. The molecule has 2 aromatic heterocycles. The summed E-state index contributed by atoms with van der Waals surface area (Å²) >= 11 is 0. The maximum atomic E-state index is 4.83. The number of hydrogen-bond donors (Lipinski definition) is 0. The number of fused-ring (bicyclic) bond motifs is 6. The Balaban J connectivity index is 0.971. The average Bonchev–Trinajstić information content (AvgIpc) is 3.68. The van der Waals surface area contributed by atoms with E-state index in [-0.39, 0.29) is 22.9 Å². The number of benzene rings is 5. The number of aromatic nitrogens is 2. The van der Waals surface area contributed by atoms with Crippen molar-refractivity contribution in [2.45, 2.75) is 50.6 Å². The maximum Gasteiger partial charge on any atom is 0.101 e. The van der Waals surface area contributed by atoms with Crippen LogP contribution in [0.3, 0.4) is 0 Å². The number of hydrogen-bond acceptors (Lipinski definition) is 3. The fourth-order valence-corrected chi connectivity index (χ4v) is 8.18. The lowest BCUT2D eigenvalue weighted by Crippen LogP contribution is -2.29. The molecule has 0 radical (unpaired) electrons. The molecule has 0 saturated heterocycles. The van der Waals surface area contributed by atoms with Gasteiger partial charge in [-0.15, -0.1) is 0 Å². The molecular formula is C46H40N4. The second-order valence-electron chi connectivity index (χ2n) is 14.7. The van der Waals surface area contributed by atoms with Gasteiger partial charge in [-0.2, -0.15) is 0 Å². The molecular weight excluding hydrogens is 609 g/mol. The van der Waals surface area contributed by atoms with Gasteiger partial charge in [-0.3, -0.25) is 9.98 Å². The van der Waals surface area contributed by atoms with Crippen LogP contribution in [0.5, 0.6) is 0 Å². The summed E-state index contributed by atoms with van der Waals surface area (Å²) in [4.78, 5) is 12.0. The fourth-order valence-electron chi connectivity index (χ4n) is 8.18. The highest BCUT2D eigenvalue weighted by Gasteiger charge is 2.38. The number of nitrogens with zero attached hydrogens (tertiary/aromatic N) is 4. The van der Waals surface area contributed by atoms with E-state index in [1.54, 1.807) is 0 Å². The SMILES string of the molecule is CC(C)(c1ccc(N2c3ccccc3C3N=CC=CC32)cc1)c1ccc(C(C)(C)c2ccc(-n3c4ccccc4c4ncccc43)cc2)cc1. The average molecular weight is 649 g/mol. The molecule has 0 amide bonds. The number of aliphatic imine (C=N–C) groups is 1. The van der Waals surface area contributed by atoms with Crippen LogP contribution in [-0.2, 0) is 10.8 Å². The Kier molecular flexibility index (Phi) is 6.93. The van der Waals surface area contributed by atoms with Crippen molar-refractivity contribution in [3.05, 3.63) is 180 Å². The predicted molar refractivity (Wildman–Crippen MR) is 208 cm³/mol. The molecule has 244 valence electrons. The van der Waals surface area contributed by atoms with E-state index >= 15 is 0 Å². The van der Waals surface area contributed by atoms with Gasteiger partial charge in [-0.05, 0) is 76.9 Å². The highest BCUT2D eigenvalue weighted by molar-refractivity contribution is 6.06.